The number of aliphatic carboxylic acids is 1. The minimum absolute atomic E-state index is 0.117. The van der Waals surface area contributed by atoms with E-state index in [1.54, 1.807) is 30.5 Å². The third kappa shape index (κ3) is 3.74. The van der Waals surface area contributed by atoms with Crippen LogP contribution in [0.4, 0.5) is 0 Å². The van der Waals surface area contributed by atoms with Crippen molar-refractivity contribution in [2.45, 2.75) is 18.4 Å². The van der Waals surface area contributed by atoms with Gasteiger partial charge in [-0.15, -0.1) is 0 Å². The maximum Gasteiger partial charge on any atom is 0.333 e. The van der Waals surface area contributed by atoms with Crippen LogP contribution in [0.15, 0.2) is 89.5 Å². The molecule has 0 aliphatic carbocycles. The molecular formula is C27H23NO5. The minimum atomic E-state index is -1.40. The van der Waals surface area contributed by atoms with Crippen LogP contribution in [-0.4, -0.2) is 40.6 Å². The van der Waals surface area contributed by atoms with Crippen LogP contribution in [0, 0.1) is 0 Å². The summed E-state index contributed by atoms with van der Waals surface area (Å²) in [6.45, 7) is 0.267. The predicted molar refractivity (Wildman–Crippen MR) is 124 cm³/mol. The molecule has 1 saturated heterocycles. The molecule has 0 unspecified atom stereocenters. The summed E-state index contributed by atoms with van der Waals surface area (Å²) in [7, 11) is 0. The van der Waals surface area contributed by atoms with Gasteiger partial charge in [0.25, 0.3) is 5.91 Å². The van der Waals surface area contributed by atoms with Crippen LogP contribution in [0.25, 0.3) is 22.1 Å². The van der Waals surface area contributed by atoms with Gasteiger partial charge in [-0.1, -0.05) is 48.5 Å². The van der Waals surface area contributed by atoms with Gasteiger partial charge in [0.05, 0.1) is 6.26 Å². The van der Waals surface area contributed by atoms with E-state index < -0.39 is 11.5 Å². The largest absolute Gasteiger partial charge is 0.491 e. The van der Waals surface area contributed by atoms with Crippen LogP contribution in [-0.2, 0) is 4.79 Å². The Balaban J connectivity index is 1.36. The van der Waals surface area contributed by atoms with Gasteiger partial charge in [-0.2, -0.15) is 0 Å². The lowest BCUT2D eigenvalue weighted by molar-refractivity contribution is -0.150. The zero-order chi connectivity index (χ0) is 22.8. The Labute approximate surface area is 191 Å². The van der Waals surface area contributed by atoms with Gasteiger partial charge in [0.15, 0.2) is 5.54 Å². The normalized spacial score (nSPS) is 17.9. The summed E-state index contributed by atoms with van der Waals surface area (Å²) < 4.78 is 11.6. The van der Waals surface area contributed by atoms with E-state index in [1.165, 1.54) is 4.90 Å². The topological polar surface area (TPSA) is 80.0 Å². The average Bonchev–Trinajstić information content (AvgIpc) is 3.51. The van der Waals surface area contributed by atoms with Gasteiger partial charge in [-0.25, -0.2) is 4.79 Å². The maximum atomic E-state index is 13.1. The number of fused-ring (bicyclic) bond motifs is 1. The lowest BCUT2D eigenvalue weighted by Gasteiger charge is -2.34. The first-order valence-corrected chi connectivity index (χ1v) is 10.9. The van der Waals surface area contributed by atoms with E-state index in [1.807, 2.05) is 54.6 Å². The van der Waals surface area contributed by atoms with Crippen LogP contribution in [0.3, 0.4) is 0 Å². The van der Waals surface area contributed by atoms with E-state index in [4.69, 9.17) is 9.15 Å². The Hall–Kier alpha value is -4.06. The number of hydrogen-bond donors (Lipinski definition) is 1. The van der Waals surface area contributed by atoms with Gasteiger partial charge >= 0.3 is 5.97 Å². The molecule has 0 spiro atoms. The van der Waals surface area contributed by atoms with E-state index in [0.717, 1.165) is 22.1 Å². The molecule has 1 aliphatic rings. The lowest BCUT2D eigenvalue weighted by atomic mass is 9.96. The van der Waals surface area contributed by atoms with Gasteiger partial charge in [0, 0.05) is 23.1 Å². The highest BCUT2D eigenvalue weighted by Crippen LogP contribution is 2.34. The van der Waals surface area contributed by atoms with E-state index in [2.05, 4.69) is 0 Å². The Morgan fingerprint density at radius 1 is 0.970 bits per heavy atom. The third-order valence-electron chi connectivity index (χ3n) is 6.27. The zero-order valence-corrected chi connectivity index (χ0v) is 17.9. The Bertz CT molecular complexity index is 1300. The zero-order valence-electron chi connectivity index (χ0n) is 17.9. The number of nitrogens with zero attached hydrogens (tertiary/aromatic N) is 1. The number of para-hydroxylation sites is 1. The second-order valence-electron chi connectivity index (χ2n) is 8.22. The summed E-state index contributed by atoms with van der Waals surface area (Å²) in [6.07, 6.45) is 2.63. The molecule has 1 atom stereocenters. The molecule has 0 radical (unpaired) electrons. The van der Waals surface area contributed by atoms with Crippen molar-refractivity contribution in [3.05, 3.63) is 90.7 Å². The molecule has 3 aromatic carbocycles. The molecule has 1 aromatic heterocycles. The fourth-order valence-corrected chi connectivity index (χ4v) is 4.50. The summed E-state index contributed by atoms with van der Waals surface area (Å²) in [5.41, 5.74) is 1.84. The second kappa shape index (κ2) is 8.47. The number of furan rings is 1. The van der Waals surface area contributed by atoms with Crippen molar-refractivity contribution in [3.8, 4) is 16.9 Å². The van der Waals surface area contributed by atoms with Crippen LogP contribution < -0.4 is 4.74 Å². The van der Waals surface area contributed by atoms with Crippen LogP contribution in [0.1, 0.15) is 23.2 Å². The fourth-order valence-electron chi connectivity index (χ4n) is 4.50. The quantitative estimate of drug-likeness (QED) is 0.443. The van der Waals surface area contributed by atoms with Crippen LogP contribution in [0.2, 0.25) is 0 Å². The first-order valence-electron chi connectivity index (χ1n) is 10.9. The summed E-state index contributed by atoms with van der Waals surface area (Å²) >= 11 is 0. The molecule has 6 nitrogen and oxygen atoms in total. The highest BCUT2D eigenvalue weighted by Gasteiger charge is 2.51. The maximum absolute atomic E-state index is 13.1. The number of ether oxygens (including phenoxy) is 1. The standard InChI is InChI=1S/C27H23NO5/c29-25(21-6-2-1-3-7-21)28-16-5-15-27(28,26(30)31)18-33-22-12-10-19(11-13-22)23-9-4-8-20-14-17-32-24(20)23/h1-4,6-14,17H,5,15-16,18H2,(H,30,31)/t27-/m1/s1. The van der Waals surface area contributed by atoms with Crippen LogP contribution >= 0.6 is 0 Å². The number of likely N-dealkylation sites (tertiary alicyclic amines) is 1. The van der Waals surface area contributed by atoms with Gasteiger partial charge in [-0.05, 0) is 48.7 Å². The van der Waals surface area contributed by atoms with Crippen LogP contribution in [0.5, 0.6) is 5.75 Å². The highest BCUT2D eigenvalue weighted by molar-refractivity contribution is 5.98. The van der Waals surface area contributed by atoms with Crippen molar-refractivity contribution in [2.24, 2.45) is 0 Å². The first kappa shape index (κ1) is 20.8. The van der Waals surface area contributed by atoms with Crippen molar-refractivity contribution in [1.29, 1.82) is 0 Å². The SMILES string of the molecule is O=C(c1ccccc1)N1CCC[C@@]1(COc1ccc(-c2cccc3ccoc23)cc1)C(=O)O. The Morgan fingerprint density at radius 2 is 1.76 bits per heavy atom. The number of amides is 1. The number of carbonyl (C=O) groups excluding carboxylic acids is 1. The highest BCUT2D eigenvalue weighted by atomic mass is 16.5. The van der Waals surface area contributed by atoms with Gasteiger partial charge < -0.3 is 19.2 Å². The van der Waals surface area contributed by atoms with Crippen molar-refractivity contribution in [3.63, 3.8) is 0 Å². The predicted octanol–water partition coefficient (Wildman–Crippen LogP) is 5.24. The molecule has 166 valence electrons. The Morgan fingerprint density at radius 3 is 2.52 bits per heavy atom. The lowest BCUT2D eigenvalue weighted by Crippen LogP contribution is -2.56. The molecule has 5 rings (SSSR count). The van der Waals surface area contributed by atoms with Crippen molar-refractivity contribution in [1.82, 2.24) is 4.90 Å². The third-order valence-corrected chi connectivity index (χ3v) is 6.27. The molecule has 1 N–H and O–H groups in total. The smallest absolute Gasteiger partial charge is 0.333 e. The molecule has 33 heavy (non-hydrogen) atoms. The molecule has 1 amide bonds. The van der Waals surface area contributed by atoms with E-state index in [0.29, 0.717) is 30.7 Å². The van der Waals surface area contributed by atoms with E-state index in [-0.39, 0.29) is 12.5 Å². The molecule has 4 aromatic rings. The number of carboxylic acid groups (broad SMARTS) is 1. The van der Waals surface area contributed by atoms with Gasteiger partial charge in [0.1, 0.15) is 17.9 Å². The monoisotopic (exact) mass is 441 g/mol. The van der Waals surface area contributed by atoms with Crippen molar-refractivity contribution in [2.75, 3.05) is 13.2 Å². The summed E-state index contributed by atoms with van der Waals surface area (Å²) in [5.74, 6) is -0.795. The van der Waals surface area contributed by atoms with Gasteiger partial charge in [0.2, 0.25) is 0 Å². The first-order chi connectivity index (χ1) is 16.1. The minimum Gasteiger partial charge on any atom is -0.491 e. The number of carbonyl (C=O) groups is 2. The molecule has 1 fully saturated rings. The number of rotatable bonds is 6. The Kier molecular flexibility index (Phi) is 5.34. The number of carboxylic acids is 1. The van der Waals surface area contributed by atoms with E-state index in [9.17, 15) is 14.7 Å². The fraction of sp³-hybridized carbons (Fsp3) is 0.185. The summed E-state index contributed by atoms with van der Waals surface area (Å²) in [5, 5.41) is 11.1. The van der Waals surface area contributed by atoms with Gasteiger partial charge in [-0.3, -0.25) is 4.79 Å². The molecular weight excluding hydrogens is 418 g/mol. The van der Waals surface area contributed by atoms with Crippen molar-refractivity contribution >= 4 is 22.8 Å². The van der Waals surface area contributed by atoms with E-state index >= 15 is 0 Å². The average molecular weight is 441 g/mol. The molecule has 1 aliphatic heterocycles. The number of benzene rings is 3. The molecule has 0 saturated carbocycles. The summed E-state index contributed by atoms with van der Waals surface area (Å²) in [6, 6.07) is 24.1. The summed E-state index contributed by atoms with van der Waals surface area (Å²) in [4.78, 5) is 26.8. The van der Waals surface area contributed by atoms with Crippen molar-refractivity contribution < 1.29 is 23.8 Å². The molecule has 0 bridgehead atoms. The molecule has 6 heteroatoms. The molecule has 2 heterocycles. The second-order valence-corrected chi connectivity index (χ2v) is 8.22. The number of hydrogen-bond acceptors (Lipinski definition) is 4.